The Morgan fingerprint density at radius 3 is 2.72 bits per heavy atom. The number of hydrogen-bond donors (Lipinski definition) is 2. The Labute approximate surface area is 153 Å². The van der Waals surface area contributed by atoms with Crippen LogP contribution in [0.5, 0.6) is 5.75 Å². The van der Waals surface area contributed by atoms with Crippen molar-refractivity contribution in [1.29, 1.82) is 5.26 Å². The van der Waals surface area contributed by atoms with Crippen LogP contribution in [-0.4, -0.2) is 20.1 Å². The fourth-order valence-corrected chi connectivity index (χ4v) is 3.72. The molecule has 3 rings (SSSR count). The number of nitriles is 1. The number of anilines is 1. The zero-order valence-electron chi connectivity index (χ0n) is 13.6. The smallest absolute Gasteiger partial charge is 0.190 e. The summed E-state index contributed by atoms with van der Waals surface area (Å²) in [5.74, 6) is 0.969. The van der Waals surface area contributed by atoms with Crippen molar-refractivity contribution in [1.82, 2.24) is 15.0 Å². The van der Waals surface area contributed by atoms with Gasteiger partial charge in [0.1, 0.15) is 23.2 Å². The van der Waals surface area contributed by atoms with Crippen LogP contribution >= 0.6 is 23.1 Å². The van der Waals surface area contributed by atoms with Gasteiger partial charge in [-0.25, -0.2) is 15.0 Å². The fourth-order valence-electron chi connectivity index (χ4n) is 2.26. The lowest BCUT2D eigenvalue weighted by Gasteiger charge is -2.09. The SMILES string of the molecule is Cc1nc(CSc2nc(N)c(C#N)c(-c3ccc(O)c(C)c3)n2)cs1. The lowest BCUT2D eigenvalue weighted by molar-refractivity contribution is 0.471. The molecule has 2 aromatic heterocycles. The van der Waals surface area contributed by atoms with Crippen molar-refractivity contribution in [3.05, 3.63) is 45.4 Å². The molecule has 0 unspecified atom stereocenters. The van der Waals surface area contributed by atoms with E-state index in [0.717, 1.165) is 10.7 Å². The lowest BCUT2D eigenvalue weighted by Crippen LogP contribution is -2.03. The maximum Gasteiger partial charge on any atom is 0.190 e. The third kappa shape index (κ3) is 3.73. The highest BCUT2D eigenvalue weighted by molar-refractivity contribution is 7.98. The fraction of sp³-hybridized carbons (Fsp3) is 0.176. The zero-order valence-corrected chi connectivity index (χ0v) is 15.3. The number of aromatic hydroxyl groups is 1. The van der Waals surface area contributed by atoms with Gasteiger partial charge >= 0.3 is 0 Å². The molecule has 0 bridgehead atoms. The Balaban J connectivity index is 1.97. The van der Waals surface area contributed by atoms with Gasteiger partial charge in [0.05, 0.1) is 16.4 Å². The minimum Gasteiger partial charge on any atom is -0.508 e. The second kappa shape index (κ2) is 7.09. The Morgan fingerprint density at radius 2 is 2.08 bits per heavy atom. The maximum atomic E-state index is 9.71. The average molecular weight is 369 g/mol. The number of aromatic nitrogens is 3. The average Bonchev–Trinajstić information content (AvgIpc) is 3.00. The lowest BCUT2D eigenvalue weighted by atomic mass is 10.0. The van der Waals surface area contributed by atoms with Crippen LogP contribution in [0.15, 0.2) is 28.7 Å². The quantitative estimate of drug-likeness (QED) is 0.533. The first kappa shape index (κ1) is 17.2. The van der Waals surface area contributed by atoms with Gasteiger partial charge in [0.25, 0.3) is 0 Å². The summed E-state index contributed by atoms with van der Waals surface area (Å²) in [7, 11) is 0. The minimum absolute atomic E-state index is 0.148. The first-order valence-electron chi connectivity index (χ1n) is 7.39. The van der Waals surface area contributed by atoms with Crippen LogP contribution in [0, 0.1) is 25.2 Å². The summed E-state index contributed by atoms with van der Waals surface area (Å²) in [5.41, 5.74) is 9.04. The van der Waals surface area contributed by atoms with Crippen LogP contribution in [0.2, 0.25) is 0 Å². The van der Waals surface area contributed by atoms with E-state index in [1.807, 2.05) is 12.3 Å². The van der Waals surface area contributed by atoms with Crippen molar-refractivity contribution in [3.8, 4) is 23.1 Å². The molecule has 0 spiro atoms. The molecular formula is C17H15N5OS2. The number of aryl methyl sites for hydroxylation is 2. The summed E-state index contributed by atoms with van der Waals surface area (Å²) >= 11 is 3.01. The maximum absolute atomic E-state index is 9.71. The Kier molecular flexibility index (Phi) is 4.88. The number of nitrogens with zero attached hydrogens (tertiary/aromatic N) is 4. The first-order valence-corrected chi connectivity index (χ1v) is 9.26. The molecule has 0 saturated carbocycles. The van der Waals surface area contributed by atoms with Gasteiger partial charge in [0.2, 0.25) is 0 Å². The van der Waals surface area contributed by atoms with Crippen LogP contribution in [0.1, 0.15) is 21.8 Å². The van der Waals surface area contributed by atoms with Gasteiger partial charge in [-0.3, -0.25) is 0 Å². The second-order valence-electron chi connectivity index (χ2n) is 5.37. The van der Waals surface area contributed by atoms with Crippen molar-refractivity contribution >= 4 is 28.9 Å². The molecule has 0 fully saturated rings. The van der Waals surface area contributed by atoms with E-state index in [9.17, 15) is 10.4 Å². The van der Waals surface area contributed by atoms with Gasteiger partial charge in [-0.2, -0.15) is 5.26 Å². The Hall–Kier alpha value is -2.63. The molecule has 25 heavy (non-hydrogen) atoms. The molecule has 0 aliphatic heterocycles. The van der Waals surface area contributed by atoms with E-state index in [1.165, 1.54) is 11.8 Å². The van der Waals surface area contributed by atoms with Crippen LogP contribution in [0.4, 0.5) is 5.82 Å². The molecular weight excluding hydrogens is 354 g/mol. The molecule has 3 N–H and O–H groups in total. The molecule has 0 atom stereocenters. The predicted octanol–water partition coefficient (Wildman–Crippen LogP) is 3.67. The minimum atomic E-state index is 0.148. The molecule has 0 saturated heterocycles. The largest absolute Gasteiger partial charge is 0.508 e. The number of rotatable bonds is 4. The van der Waals surface area contributed by atoms with E-state index >= 15 is 0 Å². The van der Waals surface area contributed by atoms with Crippen molar-refractivity contribution in [2.24, 2.45) is 0 Å². The number of nitrogens with two attached hydrogens (primary N) is 1. The number of thioether (sulfide) groups is 1. The highest BCUT2D eigenvalue weighted by Gasteiger charge is 2.15. The van der Waals surface area contributed by atoms with E-state index in [-0.39, 0.29) is 17.1 Å². The summed E-state index contributed by atoms with van der Waals surface area (Å²) in [4.78, 5) is 13.2. The van der Waals surface area contributed by atoms with Gasteiger partial charge in [0.15, 0.2) is 5.16 Å². The number of benzene rings is 1. The van der Waals surface area contributed by atoms with Crippen LogP contribution < -0.4 is 5.73 Å². The number of phenolic OH excluding ortho intramolecular Hbond substituents is 1. The van der Waals surface area contributed by atoms with Crippen molar-refractivity contribution in [3.63, 3.8) is 0 Å². The van der Waals surface area contributed by atoms with Crippen LogP contribution in [-0.2, 0) is 5.75 Å². The molecule has 0 aliphatic rings. The van der Waals surface area contributed by atoms with Crippen molar-refractivity contribution < 1.29 is 5.11 Å². The molecule has 0 aliphatic carbocycles. The summed E-state index contributed by atoms with van der Waals surface area (Å²) < 4.78 is 0. The van der Waals surface area contributed by atoms with E-state index in [4.69, 9.17) is 5.73 Å². The topological polar surface area (TPSA) is 109 Å². The molecule has 2 heterocycles. The molecule has 6 nitrogen and oxygen atoms in total. The number of phenols is 1. The van der Waals surface area contributed by atoms with Gasteiger partial charge in [0, 0.05) is 16.7 Å². The van der Waals surface area contributed by atoms with Crippen molar-refractivity contribution in [2.45, 2.75) is 24.8 Å². The highest BCUT2D eigenvalue weighted by atomic mass is 32.2. The van der Waals surface area contributed by atoms with E-state index in [0.29, 0.717) is 27.7 Å². The van der Waals surface area contributed by atoms with Crippen molar-refractivity contribution in [2.75, 3.05) is 5.73 Å². The Bertz CT molecular complexity index is 978. The predicted molar refractivity (Wildman–Crippen MR) is 99.4 cm³/mol. The van der Waals surface area contributed by atoms with Gasteiger partial charge in [-0.15, -0.1) is 11.3 Å². The second-order valence-corrected chi connectivity index (χ2v) is 7.38. The van der Waals surface area contributed by atoms with Crippen LogP contribution in [0.25, 0.3) is 11.3 Å². The summed E-state index contributed by atoms with van der Waals surface area (Å²) in [6.45, 7) is 3.75. The summed E-state index contributed by atoms with van der Waals surface area (Å²) in [6.07, 6.45) is 0. The van der Waals surface area contributed by atoms with Gasteiger partial charge in [-0.1, -0.05) is 11.8 Å². The number of thiazole rings is 1. The normalized spacial score (nSPS) is 10.6. The molecule has 0 radical (unpaired) electrons. The molecule has 3 aromatic rings. The molecule has 0 amide bonds. The summed E-state index contributed by atoms with van der Waals surface area (Å²) in [6, 6.07) is 7.13. The van der Waals surface area contributed by atoms with Crippen LogP contribution in [0.3, 0.4) is 0 Å². The molecule has 8 heteroatoms. The standard InChI is InChI=1S/C17H15N5OS2/c1-9-5-11(3-4-14(9)23)15-13(6-18)16(19)22-17(21-15)25-8-12-7-24-10(2)20-12/h3-5,7,23H,8H2,1-2H3,(H2,19,21,22). The van der Waals surface area contributed by atoms with E-state index in [2.05, 4.69) is 21.0 Å². The first-order chi connectivity index (χ1) is 12.0. The highest BCUT2D eigenvalue weighted by Crippen LogP contribution is 2.31. The molecule has 1 aromatic carbocycles. The van der Waals surface area contributed by atoms with E-state index in [1.54, 1.807) is 36.5 Å². The third-order valence-corrected chi connectivity index (χ3v) is 5.22. The monoisotopic (exact) mass is 369 g/mol. The zero-order chi connectivity index (χ0) is 18.0. The van der Waals surface area contributed by atoms with E-state index < -0.39 is 0 Å². The Morgan fingerprint density at radius 1 is 1.28 bits per heavy atom. The third-order valence-electron chi connectivity index (χ3n) is 3.51. The number of nitrogen functional groups attached to an aromatic ring is 1. The number of hydrogen-bond acceptors (Lipinski definition) is 8. The summed E-state index contributed by atoms with van der Waals surface area (Å²) in [5, 5.41) is 22.6. The molecule has 126 valence electrons. The van der Waals surface area contributed by atoms with Gasteiger partial charge < -0.3 is 10.8 Å². The van der Waals surface area contributed by atoms with Gasteiger partial charge in [-0.05, 0) is 37.6 Å².